The lowest BCUT2D eigenvalue weighted by Crippen LogP contribution is -2.21. The van der Waals surface area contributed by atoms with E-state index in [0.717, 1.165) is 0 Å². The Morgan fingerprint density at radius 3 is 2.50 bits per heavy atom. The van der Waals surface area contributed by atoms with Crippen molar-refractivity contribution in [1.82, 2.24) is 0 Å². The van der Waals surface area contributed by atoms with E-state index in [1.165, 1.54) is 6.07 Å². The third-order valence-corrected chi connectivity index (χ3v) is 3.74. The van der Waals surface area contributed by atoms with Gasteiger partial charge in [-0.15, -0.1) is 0 Å². The van der Waals surface area contributed by atoms with Gasteiger partial charge in [-0.25, -0.2) is 4.39 Å². The molecule has 1 aromatic carbocycles. The van der Waals surface area contributed by atoms with E-state index in [4.69, 9.17) is 9.47 Å². The van der Waals surface area contributed by atoms with Gasteiger partial charge in [0.1, 0.15) is 6.10 Å². The molecule has 0 spiro atoms. The number of halogens is 2. The fourth-order valence-corrected chi connectivity index (χ4v) is 2.72. The largest absolute Gasteiger partial charge is 0.491 e. The van der Waals surface area contributed by atoms with Crippen LogP contribution in [0.2, 0.25) is 0 Å². The highest BCUT2D eigenvalue weighted by Crippen LogP contribution is 2.37. The van der Waals surface area contributed by atoms with Crippen molar-refractivity contribution in [2.45, 2.75) is 44.6 Å². The quantitative estimate of drug-likeness (QED) is 0.775. The summed E-state index contributed by atoms with van der Waals surface area (Å²) >= 11 is 0. The van der Waals surface area contributed by atoms with Crippen molar-refractivity contribution in [1.29, 1.82) is 0 Å². The molecule has 0 bridgehead atoms. The molecule has 2 rings (SSSR count). The van der Waals surface area contributed by atoms with E-state index in [9.17, 15) is 13.6 Å². The first-order valence-corrected chi connectivity index (χ1v) is 6.87. The van der Waals surface area contributed by atoms with E-state index in [0.29, 0.717) is 44.3 Å². The summed E-state index contributed by atoms with van der Waals surface area (Å²) in [6.07, 6.45) is 2.63. The number of carbonyl (C=O) groups is 1. The summed E-state index contributed by atoms with van der Waals surface area (Å²) in [4.78, 5) is 10.3. The second-order valence-corrected chi connectivity index (χ2v) is 4.92. The number of hydrogen-bond donors (Lipinski definition) is 0. The number of ether oxygens (including phenoxy) is 2. The molecule has 0 radical (unpaired) electrons. The number of hydrogen-bond acceptors (Lipinski definition) is 3. The first-order chi connectivity index (χ1) is 9.67. The first kappa shape index (κ1) is 14.8. The van der Waals surface area contributed by atoms with Crippen molar-refractivity contribution in [2.75, 3.05) is 6.61 Å². The van der Waals surface area contributed by atoms with E-state index >= 15 is 0 Å². The van der Waals surface area contributed by atoms with Crippen LogP contribution in [0.25, 0.3) is 0 Å². The van der Waals surface area contributed by atoms with Gasteiger partial charge < -0.3 is 9.47 Å². The average Bonchev–Trinajstić information content (AvgIpc) is 2.46. The molecular weight excluding hydrogens is 266 g/mol. The van der Waals surface area contributed by atoms with Gasteiger partial charge in [-0.2, -0.15) is 4.39 Å². The Bertz CT molecular complexity index is 468. The smallest absolute Gasteiger partial charge is 0.293 e. The first-order valence-electron chi connectivity index (χ1n) is 6.87. The van der Waals surface area contributed by atoms with Crippen LogP contribution in [-0.2, 0) is 9.53 Å². The summed E-state index contributed by atoms with van der Waals surface area (Å²) in [5.41, 5.74) is 0.385. The Balaban J connectivity index is 2.10. The lowest BCUT2D eigenvalue weighted by molar-refractivity contribution is -0.135. The van der Waals surface area contributed by atoms with Crippen LogP contribution in [0.1, 0.15) is 44.1 Å². The molecule has 1 saturated carbocycles. The predicted octanol–water partition coefficient (Wildman–Crippen LogP) is 3.56. The highest BCUT2D eigenvalue weighted by atomic mass is 19.2. The summed E-state index contributed by atoms with van der Waals surface area (Å²) < 4.78 is 37.8. The molecule has 1 fully saturated rings. The normalized spacial score (nSPS) is 22.4. The minimum absolute atomic E-state index is 0.0355. The maximum Gasteiger partial charge on any atom is 0.293 e. The second kappa shape index (κ2) is 6.68. The fraction of sp³-hybridized carbons (Fsp3) is 0.533. The van der Waals surface area contributed by atoms with Crippen LogP contribution in [0.4, 0.5) is 8.78 Å². The Kier molecular flexibility index (Phi) is 4.93. The zero-order chi connectivity index (χ0) is 14.5. The van der Waals surface area contributed by atoms with Crippen LogP contribution < -0.4 is 4.74 Å². The lowest BCUT2D eigenvalue weighted by Gasteiger charge is -2.28. The zero-order valence-electron chi connectivity index (χ0n) is 11.4. The Morgan fingerprint density at radius 1 is 1.20 bits per heavy atom. The summed E-state index contributed by atoms with van der Waals surface area (Å²) in [5.74, 6) is -1.83. The molecule has 3 nitrogen and oxygen atoms in total. The van der Waals surface area contributed by atoms with Crippen LogP contribution in [0.15, 0.2) is 12.1 Å². The van der Waals surface area contributed by atoms with Gasteiger partial charge in [-0.3, -0.25) is 4.79 Å². The van der Waals surface area contributed by atoms with Crippen molar-refractivity contribution in [3.8, 4) is 5.75 Å². The van der Waals surface area contributed by atoms with Gasteiger partial charge in [0.15, 0.2) is 11.6 Å². The zero-order valence-corrected chi connectivity index (χ0v) is 11.4. The van der Waals surface area contributed by atoms with E-state index in [2.05, 4.69) is 0 Å². The predicted molar refractivity (Wildman–Crippen MR) is 69.7 cm³/mol. The van der Waals surface area contributed by atoms with Crippen molar-refractivity contribution < 1.29 is 23.0 Å². The molecule has 0 heterocycles. The molecular formula is C15H18F2O3. The molecule has 0 aliphatic heterocycles. The SMILES string of the molecule is CCOc1ccc(C2CCC(OC=O)CC2)c(F)c1F. The Hall–Kier alpha value is -1.65. The maximum absolute atomic E-state index is 14.1. The molecule has 0 amide bonds. The van der Waals surface area contributed by atoms with Gasteiger partial charge in [-0.1, -0.05) is 6.07 Å². The van der Waals surface area contributed by atoms with Crippen LogP contribution in [0.3, 0.4) is 0 Å². The van der Waals surface area contributed by atoms with Gasteiger partial charge in [-0.05, 0) is 50.2 Å². The van der Waals surface area contributed by atoms with Crippen molar-refractivity contribution in [3.05, 3.63) is 29.3 Å². The van der Waals surface area contributed by atoms with Gasteiger partial charge >= 0.3 is 0 Å². The minimum atomic E-state index is -0.921. The van der Waals surface area contributed by atoms with Crippen molar-refractivity contribution >= 4 is 6.47 Å². The maximum atomic E-state index is 14.1. The summed E-state index contributed by atoms with van der Waals surface area (Å²) in [6, 6.07) is 3.07. The number of carbonyl (C=O) groups excluding carboxylic acids is 1. The van der Waals surface area contributed by atoms with E-state index in [-0.39, 0.29) is 17.8 Å². The van der Waals surface area contributed by atoms with E-state index in [1.54, 1.807) is 13.0 Å². The third kappa shape index (κ3) is 3.08. The molecule has 5 heteroatoms. The second-order valence-electron chi connectivity index (χ2n) is 4.92. The van der Waals surface area contributed by atoms with Crippen molar-refractivity contribution in [2.24, 2.45) is 0 Å². The van der Waals surface area contributed by atoms with Crippen LogP contribution in [0, 0.1) is 11.6 Å². The highest BCUT2D eigenvalue weighted by molar-refractivity contribution is 5.37. The molecule has 110 valence electrons. The van der Waals surface area contributed by atoms with Gasteiger partial charge in [0.05, 0.1) is 6.61 Å². The van der Waals surface area contributed by atoms with Crippen LogP contribution >= 0.6 is 0 Å². The number of benzene rings is 1. The molecule has 0 saturated heterocycles. The fourth-order valence-electron chi connectivity index (χ4n) is 2.72. The Labute approximate surface area is 116 Å². The third-order valence-electron chi connectivity index (χ3n) is 3.74. The van der Waals surface area contributed by atoms with E-state index < -0.39 is 11.6 Å². The van der Waals surface area contributed by atoms with Gasteiger partial charge in [0.2, 0.25) is 5.82 Å². The lowest BCUT2D eigenvalue weighted by atomic mass is 9.82. The summed E-state index contributed by atoms with van der Waals surface area (Å²) in [6.45, 7) is 2.46. The van der Waals surface area contributed by atoms with Crippen LogP contribution in [0.5, 0.6) is 5.75 Å². The molecule has 0 aromatic heterocycles. The molecule has 1 aromatic rings. The average molecular weight is 284 g/mol. The monoisotopic (exact) mass is 284 g/mol. The minimum Gasteiger partial charge on any atom is -0.491 e. The molecule has 0 unspecified atom stereocenters. The Morgan fingerprint density at radius 2 is 1.90 bits per heavy atom. The highest BCUT2D eigenvalue weighted by Gasteiger charge is 2.27. The molecule has 0 N–H and O–H groups in total. The number of rotatable bonds is 5. The molecule has 0 atom stereocenters. The van der Waals surface area contributed by atoms with Crippen molar-refractivity contribution in [3.63, 3.8) is 0 Å². The van der Waals surface area contributed by atoms with Gasteiger partial charge in [0, 0.05) is 0 Å². The van der Waals surface area contributed by atoms with Gasteiger partial charge in [0.25, 0.3) is 6.47 Å². The molecule has 1 aliphatic rings. The van der Waals surface area contributed by atoms with E-state index in [1.807, 2.05) is 0 Å². The molecule has 20 heavy (non-hydrogen) atoms. The molecule has 1 aliphatic carbocycles. The van der Waals surface area contributed by atoms with Crippen LogP contribution in [-0.4, -0.2) is 19.2 Å². The topological polar surface area (TPSA) is 35.5 Å². The standard InChI is InChI=1S/C15H18F2O3/c1-2-19-13-8-7-12(14(16)15(13)17)10-3-5-11(6-4-10)20-9-18/h7-11H,2-6H2,1H3. The summed E-state index contributed by atoms with van der Waals surface area (Å²) in [5, 5.41) is 0. The summed E-state index contributed by atoms with van der Waals surface area (Å²) in [7, 11) is 0.